The van der Waals surface area contributed by atoms with Crippen LogP contribution in [0.5, 0.6) is 11.8 Å². The van der Waals surface area contributed by atoms with Gasteiger partial charge < -0.3 is 9.47 Å². The van der Waals surface area contributed by atoms with E-state index in [2.05, 4.69) is 9.72 Å². The summed E-state index contributed by atoms with van der Waals surface area (Å²) in [5.74, 6) is -0.228. The van der Waals surface area contributed by atoms with Crippen molar-refractivity contribution in [2.24, 2.45) is 0 Å². The minimum absolute atomic E-state index is 0.0628. The fourth-order valence-electron chi connectivity index (χ4n) is 1.07. The zero-order valence-electron chi connectivity index (χ0n) is 8.12. The predicted octanol–water partition coefficient (Wildman–Crippen LogP) is 1.91. The van der Waals surface area contributed by atoms with E-state index in [9.17, 15) is 8.78 Å². The van der Waals surface area contributed by atoms with Crippen LogP contribution in [0, 0.1) is 11.3 Å². The maximum atomic E-state index is 12.6. The van der Waals surface area contributed by atoms with E-state index in [0.29, 0.717) is 0 Å². The number of halogens is 2. The molecule has 0 aliphatic rings. The Labute approximate surface area is 85.1 Å². The summed E-state index contributed by atoms with van der Waals surface area (Å²) in [7, 11) is 2.53. The van der Waals surface area contributed by atoms with Crippen LogP contribution in [0.4, 0.5) is 8.78 Å². The SMILES string of the molecule is COc1cc(C#N)c(C(F)F)c(OC)n1. The average molecular weight is 214 g/mol. The number of hydrogen-bond acceptors (Lipinski definition) is 4. The molecule has 0 spiro atoms. The smallest absolute Gasteiger partial charge is 0.270 e. The zero-order valence-corrected chi connectivity index (χ0v) is 8.12. The summed E-state index contributed by atoms with van der Waals surface area (Å²) in [6, 6.07) is 2.79. The molecule has 0 radical (unpaired) electrons. The summed E-state index contributed by atoms with van der Waals surface area (Å²) in [4.78, 5) is 3.66. The maximum Gasteiger partial charge on any atom is 0.270 e. The van der Waals surface area contributed by atoms with Crippen LogP contribution >= 0.6 is 0 Å². The van der Waals surface area contributed by atoms with Gasteiger partial charge in [0, 0.05) is 6.07 Å². The molecule has 0 saturated carbocycles. The molecule has 1 aromatic rings. The van der Waals surface area contributed by atoms with Gasteiger partial charge >= 0.3 is 0 Å². The number of nitriles is 1. The molecule has 0 bridgehead atoms. The lowest BCUT2D eigenvalue weighted by Gasteiger charge is -2.09. The molecule has 0 saturated heterocycles. The molecule has 0 N–H and O–H groups in total. The van der Waals surface area contributed by atoms with E-state index in [4.69, 9.17) is 10.00 Å². The monoisotopic (exact) mass is 214 g/mol. The second-order valence-electron chi connectivity index (χ2n) is 2.55. The van der Waals surface area contributed by atoms with E-state index in [0.717, 1.165) is 6.07 Å². The van der Waals surface area contributed by atoms with E-state index in [1.165, 1.54) is 14.2 Å². The molecule has 4 nitrogen and oxygen atoms in total. The lowest BCUT2D eigenvalue weighted by atomic mass is 10.1. The fraction of sp³-hybridized carbons (Fsp3) is 0.333. The molecule has 1 heterocycles. The highest BCUT2D eigenvalue weighted by molar-refractivity contribution is 5.46. The summed E-state index contributed by atoms with van der Waals surface area (Å²) in [6.07, 6.45) is -2.81. The Bertz CT molecular complexity index is 402. The van der Waals surface area contributed by atoms with Gasteiger partial charge in [0.2, 0.25) is 11.8 Å². The quantitative estimate of drug-likeness (QED) is 0.771. The van der Waals surface area contributed by atoms with Crippen molar-refractivity contribution in [1.82, 2.24) is 4.98 Å². The summed E-state index contributed by atoms with van der Waals surface area (Å²) >= 11 is 0. The lowest BCUT2D eigenvalue weighted by Crippen LogP contribution is -2.01. The largest absolute Gasteiger partial charge is 0.481 e. The van der Waals surface area contributed by atoms with E-state index in [1.807, 2.05) is 0 Å². The molecule has 80 valence electrons. The van der Waals surface area contributed by atoms with Crippen molar-refractivity contribution in [3.05, 3.63) is 17.2 Å². The molecular formula is C9H8F2N2O2. The molecule has 1 aromatic heterocycles. The van der Waals surface area contributed by atoms with Crippen molar-refractivity contribution in [2.45, 2.75) is 6.43 Å². The van der Waals surface area contributed by atoms with Gasteiger partial charge in [0.25, 0.3) is 6.43 Å². The summed E-state index contributed by atoms with van der Waals surface area (Å²) in [5.41, 5.74) is -0.713. The van der Waals surface area contributed by atoms with Crippen LogP contribution < -0.4 is 9.47 Å². The number of alkyl halides is 2. The van der Waals surface area contributed by atoms with Crippen molar-refractivity contribution in [3.8, 4) is 17.8 Å². The Morgan fingerprint density at radius 2 is 2.07 bits per heavy atom. The second kappa shape index (κ2) is 4.55. The first kappa shape index (κ1) is 11.2. The Balaban J connectivity index is 3.41. The molecule has 0 atom stereocenters. The molecule has 0 aromatic carbocycles. The third-order valence-corrected chi connectivity index (χ3v) is 1.74. The molecule has 1 rings (SSSR count). The van der Waals surface area contributed by atoms with E-state index < -0.39 is 12.0 Å². The molecule has 0 unspecified atom stereocenters. The highest BCUT2D eigenvalue weighted by Gasteiger charge is 2.21. The normalized spacial score (nSPS) is 9.87. The van der Waals surface area contributed by atoms with Gasteiger partial charge in [-0.15, -0.1) is 0 Å². The number of nitrogens with zero attached hydrogens (tertiary/aromatic N) is 2. The highest BCUT2D eigenvalue weighted by Crippen LogP contribution is 2.32. The van der Waals surface area contributed by atoms with Crippen LogP contribution in [-0.4, -0.2) is 19.2 Å². The van der Waals surface area contributed by atoms with E-state index in [-0.39, 0.29) is 17.3 Å². The number of rotatable bonds is 3. The van der Waals surface area contributed by atoms with Gasteiger partial charge in [-0.25, -0.2) is 8.78 Å². The van der Waals surface area contributed by atoms with Gasteiger partial charge in [-0.2, -0.15) is 10.2 Å². The molecule has 0 fully saturated rings. The first-order valence-corrected chi connectivity index (χ1v) is 3.95. The number of aromatic nitrogens is 1. The standard InChI is InChI=1S/C9H8F2N2O2/c1-14-6-3-5(4-12)7(8(10)11)9(13-6)15-2/h3,8H,1-2H3. The zero-order chi connectivity index (χ0) is 11.4. The topological polar surface area (TPSA) is 55.1 Å². The summed E-state index contributed by atoms with van der Waals surface area (Å²) < 4.78 is 34.6. The number of hydrogen-bond donors (Lipinski definition) is 0. The third kappa shape index (κ3) is 2.13. The molecule has 0 aliphatic heterocycles. The summed E-state index contributed by atoms with van der Waals surface area (Å²) in [6.45, 7) is 0. The van der Waals surface area contributed by atoms with Gasteiger partial charge in [0.1, 0.15) is 6.07 Å². The van der Waals surface area contributed by atoms with Crippen LogP contribution in [0.15, 0.2) is 6.07 Å². The molecular weight excluding hydrogens is 206 g/mol. The number of methoxy groups -OCH3 is 2. The Hall–Kier alpha value is -1.90. The van der Waals surface area contributed by atoms with Gasteiger partial charge in [-0.05, 0) is 0 Å². The van der Waals surface area contributed by atoms with Crippen molar-refractivity contribution in [1.29, 1.82) is 5.26 Å². The predicted molar refractivity (Wildman–Crippen MR) is 47.0 cm³/mol. The van der Waals surface area contributed by atoms with Gasteiger partial charge in [-0.3, -0.25) is 0 Å². The number of ether oxygens (including phenoxy) is 2. The Kier molecular flexibility index (Phi) is 3.39. The molecule has 6 heteroatoms. The first-order chi connectivity index (χ1) is 7.13. The van der Waals surface area contributed by atoms with Crippen molar-refractivity contribution < 1.29 is 18.3 Å². The van der Waals surface area contributed by atoms with Gasteiger partial charge in [-0.1, -0.05) is 0 Å². The summed E-state index contributed by atoms with van der Waals surface area (Å²) in [5, 5.41) is 8.69. The van der Waals surface area contributed by atoms with E-state index in [1.54, 1.807) is 6.07 Å². The second-order valence-corrected chi connectivity index (χ2v) is 2.55. The van der Waals surface area contributed by atoms with Gasteiger partial charge in [0.05, 0.1) is 25.3 Å². The fourth-order valence-corrected chi connectivity index (χ4v) is 1.07. The average Bonchev–Trinajstić information content (AvgIpc) is 2.26. The van der Waals surface area contributed by atoms with Crippen molar-refractivity contribution >= 4 is 0 Å². The van der Waals surface area contributed by atoms with Crippen LogP contribution in [-0.2, 0) is 0 Å². The van der Waals surface area contributed by atoms with Crippen LogP contribution in [0.1, 0.15) is 17.6 Å². The van der Waals surface area contributed by atoms with Crippen molar-refractivity contribution in [3.63, 3.8) is 0 Å². The van der Waals surface area contributed by atoms with Crippen LogP contribution in [0.2, 0.25) is 0 Å². The third-order valence-electron chi connectivity index (χ3n) is 1.74. The Morgan fingerprint density at radius 1 is 1.40 bits per heavy atom. The van der Waals surface area contributed by atoms with Crippen molar-refractivity contribution in [2.75, 3.05) is 14.2 Å². The van der Waals surface area contributed by atoms with E-state index >= 15 is 0 Å². The minimum atomic E-state index is -2.81. The molecule has 15 heavy (non-hydrogen) atoms. The molecule has 0 aliphatic carbocycles. The first-order valence-electron chi connectivity index (χ1n) is 3.95. The molecule has 0 amide bonds. The van der Waals surface area contributed by atoms with Gasteiger partial charge in [0.15, 0.2) is 0 Å². The highest BCUT2D eigenvalue weighted by atomic mass is 19.3. The number of pyridine rings is 1. The van der Waals surface area contributed by atoms with Crippen LogP contribution in [0.3, 0.4) is 0 Å². The lowest BCUT2D eigenvalue weighted by molar-refractivity contribution is 0.145. The maximum absolute atomic E-state index is 12.6. The Morgan fingerprint density at radius 3 is 2.47 bits per heavy atom. The van der Waals surface area contributed by atoms with Crippen LogP contribution in [0.25, 0.3) is 0 Å². The minimum Gasteiger partial charge on any atom is -0.481 e.